The van der Waals surface area contributed by atoms with Gasteiger partial charge in [0.25, 0.3) is 0 Å². The molecule has 1 aliphatic rings. The Morgan fingerprint density at radius 3 is 2.64 bits per heavy atom. The quantitative estimate of drug-likeness (QED) is 0.799. The molecule has 0 saturated heterocycles. The molecule has 1 heterocycles. The van der Waals surface area contributed by atoms with Crippen molar-refractivity contribution in [3.05, 3.63) is 24.3 Å². The fourth-order valence-electron chi connectivity index (χ4n) is 1.14. The number of hydrogen-bond acceptors (Lipinski definition) is 3. The van der Waals surface area contributed by atoms with Crippen molar-refractivity contribution in [1.29, 1.82) is 0 Å². The molecule has 2 rings (SSSR count). The Bertz CT molecular complexity index is 315. The fraction of sp³-hybridized carbons (Fsp3) is 0.250. The Hall–Kier alpha value is -0.490. The first-order valence-corrected chi connectivity index (χ1v) is 5.57. The van der Waals surface area contributed by atoms with Gasteiger partial charge in [-0.25, -0.2) is 0 Å². The minimum Gasteiger partial charge on any atom is -0.363 e. The molecule has 0 radical (unpaired) electrons. The summed E-state index contributed by atoms with van der Waals surface area (Å²) in [7, 11) is 0. The zero-order chi connectivity index (χ0) is 10.2. The van der Waals surface area contributed by atoms with Crippen LogP contribution in [0.1, 0.15) is 0 Å². The van der Waals surface area contributed by atoms with Crippen LogP contribution in [-0.2, 0) is 0 Å². The van der Waals surface area contributed by atoms with E-state index in [-0.39, 0.29) is 11.8 Å². The molecule has 1 N–H and O–H groups in total. The molecule has 0 saturated carbocycles. The Kier molecular flexibility index (Phi) is 2.57. The highest BCUT2D eigenvalue weighted by atomic mass is 32.2. The van der Waals surface area contributed by atoms with Gasteiger partial charge in [-0.2, -0.15) is 13.2 Å². The van der Waals surface area contributed by atoms with E-state index < -0.39 is 10.2 Å². The second kappa shape index (κ2) is 3.58. The first kappa shape index (κ1) is 10.0. The molecule has 6 heteroatoms. The maximum Gasteiger partial charge on any atom is 0.444 e. The lowest BCUT2D eigenvalue weighted by Gasteiger charge is -2.11. The van der Waals surface area contributed by atoms with Gasteiger partial charge in [-0.1, -0.05) is 23.9 Å². The summed E-state index contributed by atoms with van der Waals surface area (Å²) in [5, 5.41) is 2.80. The molecule has 1 aliphatic heterocycles. The van der Waals surface area contributed by atoms with Gasteiger partial charge in [0.2, 0.25) is 0 Å². The molecule has 1 unspecified atom stereocenters. The van der Waals surface area contributed by atoms with Gasteiger partial charge in [0.05, 0.1) is 0 Å². The van der Waals surface area contributed by atoms with Crippen LogP contribution in [0.5, 0.6) is 0 Å². The van der Waals surface area contributed by atoms with E-state index in [0.29, 0.717) is 0 Å². The zero-order valence-corrected chi connectivity index (χ0v) is 8.47. The molecule has 1 nitrogen and oxygen atoms in total. The largest absolute Gasteiger partial charge is 0.444 e. The number of benzene rings is 1. The highest BCUT2D eigenvalue weighted by Crippen LogP contribution is 2.47. The molecule has 0 spiro atoms. The van der Waals surface area contributed by atoms with E-state index in [4.69, 9.17) is 0 Å². The highest BCUT2D eigenvalue weighted by Gasteiger charge is 2.36. The van der Waals surface area contributed by atoms with Gasteiger partial charge in [-0.3, -0.25) is 0 Å². The van der Waals surface area contributed by atoms with Crippen molar-refractivity contribution >= 4 is 29.2 Å². The summed E-state index contributed by atoms with van der Waals surface area (Å²) in [5.41, 5.74) is -3.41. The summed E-state index contributed by atoms with van der Waals surface area (Å²) in [6, 6.07) is 7.20. The van der Waals surface area contributed by atoms with E-state index in [1.54, 1.807) is 12.1 Å². The van der Waals surface area contributed by atoms with Gasteiger partial charge in [-0.15, -0.1) is 0 Å². The fourth-order valence-corrected chi connectivity index (χ4v) is 3.22. The Labute approximate surface area is 87.4 Å². The van der Waals surface area contributed by atoms with Crippen molar-refractivity contribution in [2.45, 2.75) is 15.1 Å². The first-order valence-electron chi connectivity index (χ1n) is 3.81. The SMILES string of the molecule is FC(F)(F)SC1Nc2ccccc2S1. The topological polar surface area (TPSA) is 12.0 Å². The van der Waals surface area contributed by atoms with Crippen LogP contribution in [-0.4, -0.2) is 10.2 Å². The monoisotopic (exact) mass is 237 g/mol. The van der Waals surface area contributed by atoms with Crippen LogP contribution in [0.2, 0.25) is 0 Å². The number of halogens is 3. The Morgan fingerprint density at radius 1 is 1.29 bits per heavy atom. The van der Waals surface area contributed by atoms with Gasteiger partial charge in [0.15, 0.2) is 0 Å². The molecule has 1 atom stereocenters. The summed E-state index contributed by atoms with van der Waals surface area (Å²) in [4.78, 5) is 0.870. The number of rotatable bonds is 1. The number of nitrogens with one attached hydrogen (secondary N) is 1. The zero-order valence-electron chi connectivity index (χ0n) is 6.84. The molecule has 76 valence electrons. The van der Waals surface area contributed by atoms with Gasteiger partial charge in [0.1, 0.15) is 4.71 Å². The molecule has 0 aromatic heterocycles. The van der Waals surface area contributed by atoms with Crippen LogP contribution >= 0.6 is 23.5 Å². The third-order valence-corrected chi connectivity index (χ3v) is 3.75. The number of fused-ring (bicyclic) bond motifs is 1. The third-order valence-electron chi connectivity index (χ3n) is 1.64. The van der Waals surface area contributed by atoms with Gasteiger partial charge >= 0.3 is 5.51 Å². The number of para-hydroxylation sites is 1. The summed E-state index contributed by atoms with van der Waals surface area (Å²) < 4.78 is 35.5. The molecule has 14 heavy (non-hydrogen) atoms. The lowest BCUT2D eigenvalue weighted by Crippen LogP contribution is -2.13. The van der Waals surface area contributed by atoms with E-state index in [2.05, 4.69) is 5.32 Å². The summed E-state index contributed by atoms with van der Waals surface area (Å²) in [6.07, 6.45) is 0. The maximum atomic E-state index is 12.0. The van der Waals surface area contributed by atoms with E-state index in [9.17, 15) is 13.2 Å². The normalized spacial score (nSPS) is 20.4. The molecule has 0 bridgehead atoms. The Balaban J connectivity index is 2.05. The van der Waals surface area contributed by atoms with Gasteiger partial charge in [0, 0.05) is 10.6 Å². The van der Waals surface area contributed by atoms with Crippen LogP contribution in [0.4, 0.5) is 18.9 Å². The summed E-state index contributed by atoms with van der Waals surface area (Å²) in [6.45, 7) is 0. The first-order chi connectivity index (χ1) is 6.54. The standard InChI is InChI=1S/C8H6F3NS2/c9-8(10,11)14-7-12-5-3-1-2-4-6(5)13-7/h1-4,7,12H. The minimum atomic E-state index is -4.19. The van der Waals surface area contributed by atoms with Crippen LogP contribution in [0.25, 0.3) is 0 Å². The lowest BCUT2D eigenvalue weighted by atomic mass is 10.3. The smallest absolute Gasteiger partial charge is 0.363 e. The van der Waals surface area contributed by atoms with E-state index in [0.717, 1.165) is 10.6 Å². The van der Waals surface area contributed by atoms with Crippen LogP contribution in [0.3, 0.4) is 0 Å². The number of anilines is 1. The van der Waals surface area contributed by atoms with Crippen molar-refractivity contribution in [3.63, 3.8) is 0 Å². The second-order valence-electron chi connectivity index (χ2n) is 2.65. The minimum absolute atomic E-state index is 0.0272. The average Bonchev–Trinajstić information content (AvgIpc) is 2.42. The van der Waals surface area contributed by atoms with Crippen molar-refractivity contribution in [2.75, 3.05) is 5.32 Å². The maximum absolute atomic E-state index is 12.0. The van der Waals surface area contributed by atoms with Gasteiger partial charge in [-0.05, 0) is 23.9 Å². The molecule has 0 amide bonds. The van der Waals surface area contributed by atoms with E-state index in [1.807, 2.05) is 12.1 Å². The molecule has 1 aromatic carbocycles. The molecular formula is C8H6F3NS2. The number of alkyl halides is 3. The highest BCUT2D eigenvalue weighted by molar-refractivity contribution is 8.17. The van der Waals surface area contributed by atoms with Crippen LogP contribution in [0.15, 0.2) is 29.2 Å². The van der Waals surface area contributed by atoms with Crippen molar-refractivity contribution in [3.8, 4) is 0 Å². The average molecular weight is 237 g/mol. The molecule has 0 aliphatic carbocycles. The summed E-state index contributed by atoms with van der Waals surface area (Å²) in [5.74, 6) is 0. The van der Waals surface area contributed by atoms with Crippen LogP contribution < -0.4 is 5.32 Å². The van der Waals surface area contributed by atoms with E-state index >= 15 is 0 Å². The predicted molar refractivity (Wildman–Crippen MR) is 53.4 cm³/mol. The predicted octanol–water partition coefficient (Wildman–Crippen LogP) is 3.74. The van der Waals surface area contributed by atoms with Crippen molar-refractivity contribution in [2.24, 2.45) is 0 Å². The molecular weight excluding hydrogens is 231 g/mol. The van der Waals surface area contributed by atoms with Crippen molar-refractivity contribution in [1.82, 2.24) is 0 Å². The molecule has 1 aromatic rings. The summed E-state index contributed by atoms with van der Waals surface area (Å²) >= 11 is 1.17. The molecule has 0 fully saturated rings. The van der Waals surface area contributed by atoms with Crippen LogP contribution in [0, 0.1) is 0 Å². The number of thioether (sulfide) groups is 2. The third kappa shape index (κ3) is 2.30. The van der Waals surface area contributed by atoms with Gasteiger partial charge < -0.3 is 5.32 Å². The van der Waals surface area contributed by atoms with E-state index in [1.165, 1.54) is 11.8 Å². The van der Waals surface area contributed by atoms with Crippen molar-refractivity contribution < 1.29 is 13.2 Å². The Morgan fingerprint density at radius 2 is 2.00 bits per heavy atom. The number of hydrogen-bond donors (Lipinski definition) is 1. The second-order valence-corrected chi connectivity index (χ2v) is 5.27. The lowest BCUT2D eigenvalue weighted by molar-refractivity contribution is -0.0328.